The number of fused-ring (bicyclic) bond motifs is 1. The van der Waals surface area contributed by atoms with Crippen molar-refractivity contribution in [1.29, 1.82) is 0 Å². The molecular formula is C17H22N2O3. The smallest absolute Gasteiger partial charge is 0.289 e. The second-order valence-electron chi connectivity index (χ2n) is 6.31. The van der Waals surface area contributed by atoms with E-state index in [2.05, 4.69) is 0 Å². The van der Waals surface area contributed by atoms with Gasteiger partial charge < -0.3 is 20.2 Å². The van der Waals surface area contributed by atoms with E-state index in [0.717, 1.165) is 16.5 Å². The number of nitrogens with two attached hydrogens (primary N) is 1. The number of piperidine rings is 1. The van der Waals surface area contributed by atoms with Crippen LogP contribution in [0.3, 0.4) is 0 Å². The molecule has 1 amide bonds. The summed E-state index contributed by atoms with van der Waals surface area (Å²) in [7, 11) is 0. The minimum Gasteiger partial charge on any atom is -0.451 e. The third-order valence-corrected chi connectivity index (χ3v) is 4.70. The van der Waals surface area contributed by atoms with Gasteiger partial charge in [-0.1, -0.05) is 0 Å². The fourth-order valence-electron chi connectivity index (χ4n) is 2.89. The monoisotopic (exact) mass is 302 g/mol. The lowest BCUT2D eigenvalue weighted by molar-refractivity contribution is -0.0102. The highest BCUT2D eigenvalue weighted by molar-refractivity contribution is 5.96. The van der Waals surface area contributed by atoms with Gasteiger partial charge in [-0.15, -0.1) is 0 Å². The van der Waals surface area contributed by atoms with Gasteiger partial charge in [-0.2, -0.15) is 0 Å². The Bertz CT molecular complexity index is 673. The number of hydrogen-bond acceptors (Lipinski definition) is 4. The van der Waals surface area contributed by atoms with Crippen molar-refractivity contribution in [3.63, 3.8) is 0 Å². The number of benzene rings is 1. The van der Waals surface area contributed by atoms with Gasteiger partial charge in [-0.25, -0.2) is 0 Å². The molecule has 1 fully saturated rings. The third-order valence-electron chi connectivity index (χ3n) is 4.70. The van der Waals surface area contributed by atoms with Crippen molar-refractivity contribution in [2.45, 2.75) is 32.3 Å². The van der Waals surface area contributed by atoms with Crippen LogP contribution in [0.4, 0.5) is 0 Å². The summed E-state index contributed by atoms with van der Waals surface area (Å²) in [6.45, 7) is 5.31. The predicted octanol–water partition coefficient (Wildman–Crippen LogP) is 1.98. The summed E-state index contributed by atoms with van der Waals surface area (Å²) in [6, 6.07) is 5.80. The summed E-state index contributed by atoms with van der Waals surface area (Å²) in [6.07, 6.45) is 1.02. The highest BCUT2D eigenvalue weighted by Gasteiger charge is 2.33. The highest BCUT2D eigenvalue weighted by Crippen LogP contribution is 2.26. The molecule has 0 atom stereocenters. The predicted molar refractivity (Wildman–Crippen MR) is 84.8 cm³/mol. The fourth-order valence-corrected chi connectivity index (χ4v) is 2.89. The van der Waals surface area contributed by atoms with Crippen LogP contribution in [0.1, 0.15) is 34.5 Å². The molecule has 22 heavy (non-hydrogen) atoms. The Morgan fingerprint density at radius 2 is 1.91 bits per heavy atom. The molecule has 5 nitrogen and oxygen atoms in total. The number of likely N-dealkylation sites (tertiary alicyclic amines) is 1. The van der Waals surface area contributed by atoms with Crippen LogP contribution >= 0.6 is 0 Å². The minimum absolute atomic E-state index is 0.120. The zero-order valence-electron chi connectivity index (χ0n) is 13.1. The van der Waals surface area contributed by atoms with E-state index in [-0.39, 0.29) is 12.5 Å². The van der Waals surface area contributed by atoms with Crippen LogP contribution < -0.4 is 5.73 Å². The molecule has 1 aliphatic rings. The maximum atomic E-state index is 12.6. The Morgan fingerprint density at radius 1 is 1.27 bits per heavy atom. The number of furan rings is 1. The molecule has 3 N–H and O–H groups in total. The number of nitrogens with zero attached hydrogens (tertiary/aromatic N) is 1. The molecule has 5 heteroatoms. The number of amides is 1. The van der Waals surface area contributed by atoms with Gasteiger partial charge in [0.15, 0.2) is 5.76 Å². The first-order chi connectivity index (χ1) is 10.4. The number of aliphatic hydroxyl groups is 1. The van der Waals surface area contributed by atoms with Gasteiger partial charge in [0, 0.05) is 25.0 Å². The van der Waals surface area contributed by atoms with E-state index < -0.39 is 5.60 Å². The van der Waals surface area contributed by atoms with Gasteiger partial charge in [0.05, 0.1) is 5.60 Å². The van der Waals surface area contributed by atoms with Crippen LogP contribution in [0, 0.1) is 13.8 Å². The van der Waals surface area contributed by atoms with Gasteiger partial charge in [0.1, 0.15) is 5.58 Å². The normalized spacial score (nSPS) is 17.9. The number of carbonyl (C=O) groups is 1. The molecule has 3 rings (SSSR count). The molecule has 0 aliphatic carbocycles. The molecule has 118 valence electrons. The molecule has 1 aromatic heterocycles. The first-order valence-electron chi connectivity index (χ1n) is 7.64. The maximum absolute atomic E-state index is 12.6. The Morgan fingerprint density at radius 3 is 2.55 bits per heavy atom. The SMILES string of the molecule is Cc1cc2cc(C(=O)N3CCC(O)(CN)CC3)oc2cc1C. The van der Waals surface area contributed by atoms with Gasteiger partial charge in [-0.3, -0.25) is 4.79 Å². The van der Waals surface area contributed by atoms with Crippen molar-refractivity contribution in [3.05, 3.63) is 35.1 Å². The second-order valence-corrected chi connectivity index (χ2v) is 6.31. The van der Waals surface area contributed by atoms with E-state index in [1.165, 1.54) is 5.56 Å². The summed E-state index contributed by atoms with van der Waals surface area (Å²) >= 11 is 0. The fraction of sp³-hybridized carbons (Fsp3) is 0.471. The van der Waals surface area contributed by atoms with Gasteiger partial charge >= 0.3 is 0 Å². The average Bonchev–Trinajstić information content (AvgIpc) is 2.90. The number of rotatable bonds is 2. The van der Waals surface area contributed by atoms with E-state index in [9.17, 15) is 9.90 Å². The van der Waals surface area contributed by atoms with Crippen molar-refractivity contribution in [3.8, 4) is 0 Å². The molecule has 0 radical (unpaired) electrons. The molecule has 0 unspecified atom stereocenters. The summed E-state index contributed by atoms with van der Waals surface area (Å²) in [5, 5.41) is 11.1. The Kier molecular flexibility index (Phi) is 3.70. The van der Waals surface area contributed by atoms with Crippen LogP contribution in [-0.2, 0) is 0 Å². The number of carbonyl (C=O) groups excluding carboxylic acids is 1. The number of aryl methyl sites for hydroxylation is 2. The van der Waals surface area contributed by atoms with Crippen LogP contribution in [0.5, 0.6) is 0 Å². The third kappa shape index (κ3) is 2.62. The average molecular weight is 302 g/mol. The van der Waals surface area contributed by atoms with Crippen molar-refractivity contribution >= 4 is 16.9 Å². The van der Waals surface area contributed by atoms with Crippen molar-refractivity contribution in [2.24, 2.45) is 5.73 Å². The van der Waals surface area contributed by atoms with E-state index in [0.29, 0.717) is 31.7 Å². The summed E-state index contributed by atoms with van der Waals surface area (Å²) < 4.78 is 5.72. The Labute approximate surface area is 129 Å². The summed E-state index contributed by atoms with van der Waals surface area (Å²) in [4.78, 5) is 14.3. The zero-order chi connectivity index (χ0) is 15.9. The first-order valence-corrected chi connectivity index (χ1v) is 7.64. The topological polar surface area (TPSA) is 79.7 Å². The van der Waals surface area contributed by atoms with Gasteiger partial charge in [0.25, 0.3) is 5.91 Å². The highest BCUT2D eigenvalue weighted by atomic mass is 16.3. The molecule has 0 saturated carbocycles. The van der Waals surface area contributed by atoms with Crippen LogP contribution in [-0.4, -0.2) is 41.1 Å². The molecule has 1 saturated heterocycles. The van der Waals surface area contributed by atoms with Crippen molar-refractivity contribution < 1.29 is 14.3 Å². The molecular weight excluding hydrogens is 280 g/mol. The Hall–Kier alpha value is -1.85. The van der Waals surface area contributed by atoms with Crippen LogP contribution in [0.25, 0.3) is 11.0 Å². The molecule has 2 heterocycles. The van der Waals surface area contributed by atoms with Crippen molar-refractivity contribution in [1.82, 2.24) is 4.90 Å². The zero-order valence-corrected chi connectivity index (χ0v) is 13.1. The lowest BCUT2D eigenvalue weighted by Gasteiger charge is -2.37. The minimum atomic E-state index is -0.834. The quantitative estimate of drug-likeness (QED) is 0.889. The molecule has 1 aromatic carbocycles. The lowest BCUT2D eigenvalue weighted by Crippen LogP contribution is -2.50. The van der Waals surface area contributed by atoms with E-state index in [4.69, 9.17) is 10.2 Å². The first kappa shape index (κ1) is 15.1. The molecule has 0 spiro atoms. The summed E-state index contributed by atoms with van der Waals surface area (Å²) in [5.74, 6) is 0.240. The van der Waals surface area contributed by atoms with Gasteiger partial charge in [0.2, 0.25) is 0 Å². The largest absolute Gasteiger partial charge is 0.451 e. The molecule has 2 aromatic rings. The second kappa shape index (κ2) is 5.41. The summed E-state index contributed by atoms with van der Waals surface area (Å²) in [5.41, 5.74) is 7.81. The van der Waals surface area contributed by atoms with E-state index in [1.54, 1.807) is 11.0 Å². The maximum Gasteiger partial charge on any atom is 0.289 e. The van der Waals surface area contributed by atoms with Crippen molar-refractivity contribution in [2.75, 3.05) is 19.6 Å². The Balaban J connectivity index is 1.81. The number of hydrogen-bond donors (Lipinski definition) is 2. The molecule has 0 bridgehead atoms. The lowest BCUT2D eigenvalue weighted by atomic mass is 9.91. The van der Waals surface area contributed by atoms with E-state index in [1.807, 2.05) is 26.0 Å². The standard InChI is InChI=1S/C17H22N2O3/c1-11-7-13-9-15(22-14(13)8-12(11)2)16(20)19-5-3-17(21,10-18)4-6-19/h7-9,21H,3-6,10,18H2,1-2H3. The van der Waals surface area contributed by atoms with Crippen LogP contribution in [0.2, 0.25) is 0 Å². The van der Waals surface area contributed by atoms with Crippen LogP contribution in [0.15, 0.2) is 22.6 Å². The van der Waals surface area contributed by atoms with Gasteiger partial charge in [-0.05, 0) is 56.0 Å². The molecule has 1 aliphatic heterocycles. The van der Waals surface area contributed by atoms with E-state index >= 15 is 0 Å².